The highest BCUT2D eigenvalue weighted by molar-refractivity contribution is 5.92. The van der Waals surface area contributed by atoms with Crippen molar-refractivity contribution in [1.82, 2.24) is 20.9 Å². The van der Waals surface area contributed by atoms with Gasteiger partial charge in [0.25, 0.3) is 0 Å². The van der Waals surface area contributed by atoms with Crippen molar-refractivity contribution in [3.63, 3.8) is 0 Å². The topological polar surface area (TPSA) is 165 Å². The number of nitrogens with zero attached hydrogens (tertiary/aromatic N) is 1. The predicted molar refractivity (Wildman–Crippen MR) is 61.3 cm³/mol. The van der Waals surface area contributed by atoms with Gasteiger partial charge in [0, 0.05) is 13.0 Å². The van der Waals surface area contributed by atoms with Gasteiger partial charge in [-0.05, 0) is 0 Å². The number of carboxylic acid groups (broad SMARTS) is 1. The number of guanidine groups is 2. The number of aliphatic carboxylic acids is 1. The fraction of sp³-hybridized carbons (Fsp3) is 0.667. The van der Waals surface area contributed by atoms with Crippen LogP contribution in [0.4, 0.5) is 0 Å². The van der Waals surface area contributed by atoms with E-state index in [0.29, 0.717) is 0 Å². The third-order valence-corrected chi connectivity index (χ3v) is 3.95. The Balaban J connectivity index is 2.14. The molecule has 104 valence electrons. The highest BCUT2D eigenvalue weighted by Crippen LogP contribution is 2.42. The van der Waals surface area contributed by atoms with E-state index in [4.69, 9.17) is 10.8 Å². The first-order valence-corrected chi connectivity index (χ1v) is 5.73. The molecule has 3 fully saturated rings. The number of carbonyl (C=O) groups is 1. The van der Waals surface area contributed by atoms with Gasteiger partial charge in [0.1, 0.15) is 6.04 Å². The fourth-order valence-corrected chi connectivity index (χ4v) is 3.13. The Morgan fingerprint density at radius 2 is 2.05 bits per heavy atom. The summed E-state index contributed by atoms with van der Waals surface area (Å²) in [7, 11) is 0. The fourth-order valence-electron chi connectivity index (χ4n) is 3.13. The van der Waals surface area contributed by atoms with Gasteiger partial charge in [-0.15, -0.1) is 0 Å². The molecular weight excluding hydrogens is 256 g/mol. The van der Waals surface area contributed by atoms with Gasteiger partial charge in [-0.1, -0.05) is 0 Å². The molecule has 0 aromatic carbocycles. The lowest BCUT2D eigenvalue weighted by atomic mass is 9.86. The van der Waals surface area contributed by atoms with Crippen LogP contribution >= 0.6 is 0 Å². The van der Waals surface area contributed by atoms with Gasteiger partial charge in [-0.25, -0.2) is 4.79 Å². The van der Waals surface area contributed by atoms with E-state index in [0.717, 1.165) is 0 Å². The molecule has 0 bridgehead atoms. The summed E-state index contributed by atoms with van der Waals surface area (Å²) in [5, 5.41) is 52.7. The van der Waals surface area contributed by atoms with Crippen LogP contribution in [0.15, 0.2) is 0 Å². The quantitative estimate of drug-likeness (QED) is 0.228. The molecule has 10 nitrogen and oxygen atoms in total. The van der Waals surface area contributed by atoms with E-state index in [1.165, 1.54) is 4.90 Å². The number of aliphatic hydroxyl groups is 2. The van der Waals surface area contributed by atoms with Crippen LogP contribution in [-0.2, 0) is 4.79 Å². The number of carboxylic acids is 1. The standard InChI is InChI=1S/C9H14N6O4/c10-6-13-4-3(5(16)17)12-7(11)15-2-1-8(18,19)9(4,15)14-6/h3-4,18-19H,1-2H2,(H2,11,12)(H,16,17)(H3,10,13,14)/t3-,4?,9?/m1/s1. The van der Waals surface area contributed by atoms with Crippen LogP contribution in [0.2, 0.25) is 0 Å². The van der Waals surface area contributed by atoms with Crippen molar-refractivity contribution in [2.45, 2.75) is 30.0 Å². The van der Waals surface area contributed by atoms with Crippen LogP contribution in [-0.4, -0.2) is 68.2 Å². The van der Waals surface area contributed by atoms with Gasteiger partial charge >= 0.3 is 5.97 Å². The van der Waals surface area contributed by atoms with Crippen LogP contribution in [0.5, 0.6) is 0 Å². The normalized spacial score (nSPS) is 38.9. The molecule has 3 heterocycles. The SMILES string of the molecule is N=C1NC2[C@H](C(=O)O)NC(=N)N3CCC(O)(O)C23N1. The van der Waals surface area contributed by atoms with Crippen LogP contribution in [0.1, 0.15) is 6.42 Å². The van der Waals surface area contributed by atoms with E-state index >= 15 is 0 Å². The van der Waals surface area contributed by atoms with Crippen LogP contribution in [0, 0.1) is 10.8 Å². The first-order valence-electron chi connectivity index (χ1n) is 5.73. The zero-order valence-corrected chi connectivity index (χ0v) is 9.77. The highest BCUT2D eigenvalue weighted by atomic mass is 16.5. The van der Waals surface area contributed by atoms with Gasteiger partial charge in [-0.3, -0.25) is 10.8 Å². The highest BCUT2D eigenvalue weighted by Gasteiger charge is 2.71. The molecule has 10 heteroatoms. The smallest absolute Gasteiger partial charge is 0.328 e. The minimum atomic E-state index is -2.24. The maximum Gasteiger partial charge on any atom is 0.328 e. The van der Waals surface area contributed by atoms with Crippen molar-refractivity contribution < 1.29 is 20.1 Å². The lowest BCUT2D eigenvalue weighted by Gasteiger charge is -2.50. The molecule has 1 spiro atoms. The van der Waals surface area contributed by atoms with Crippen molar-refractivity contribution in [2.75, 3.05) is 6.54 Å². The molecule has 8 N–H and O–H groups in total. The number of nitrogens with one attached hydrogen (secondary N) is 5. The third kappa shape index (κ3) is 1.24. The average Bonchev–Trinajstić information content (AvgIpc) is 2.76. The number of hydrogen-bond acceptors (Lipinski definition) is 5. The molecule has 0 aromatic heterocycles. The Bertz CT molecular complexity index is 493. The Morgan fingerprint density at radius 1 is 1.37 bits per heavy atom. The Morgan fingerprint density at radius 3 is 2.68 bits per heavy atom. The number of rotatable bonds is 1. The second kappa shape index (κ2) is 3.27. The van der Waals surface area contributed by atoms with Crippen molar-refractivity contribution in [2.24, 2.45) is 0 Å². The summed E-state index contributed by atoms with van der Waals surface area (Å²) in [4.78, 5) is 12.6. The maximum atomic E-state index is 11.3. The van der Waals surface area contributed by atoms with Gasteiger partial charge in [-0.2, -0.15) is 0 Å². The summed E-state index contributed by atoms with van der Waals surface area (Å²) in [6.45, 7) is 0.170. The summed E-state index contributed by atoms with van der Waals surface area (Å²) in [6.07, 6.45) is -0.0537. The monoisotopic (exact) mass is 270 g/mol. The molecule has 3 aliphatic heterocycles. The van der Waals surface area contributed by atoms with Gasteiger partial charge in [0.15, 0.2) is 23.6 Å². The Kier molecular flexibility index (Phi) is 2.07. The van der Waals surface area contributed by atoms with Gasteiger partial charge in [0.05, 0.1) is 0 Å². The summed E-state index contributed by atoms with van der Waals surface area (Å²) >= 11 is 0. The molecule has 3 rings (SSSR count). The average molecular weight is 270 g/mol. The molecular formula is C9H14N6O4. The molecule has 0 aliphatic carbocycles. The van der Waals surface area contributed by atoms with E-state index in [1.54, 1.807) is 0 Å². The Hall–Kier alpha value is -2.07. The second-order valence-electron chi connectivity index (χ2n) is 4.92. The molecule has 3 aliphatic rings. The Labute approximate surface area is 107 Å². The summed E-state index contributed by atoms with van der Waals surface area (Å²) in [5.41, 5.74) is -1.62. The minimum absolute atomic E-state index is 0.0537. The zero-order chi connectivity index (χ0) is 14.0. The lowest BCUT2D eigenvalue weighted by Crippen LogP contribution is -2.80. The summed E-state index contributed by atoms with van der Waals surface area (Å²) < 4.78 is 0. The lowest BCUT2D eigenvalue weighted by molar-refractivity contribution is -0.223. The van der Waals surface area contributed by atoms with Gasteiger partial charge in [0.2, 0.25) is 5.79 Å². The van der Waals surface area contributed by atoms with Crippen LogP contribution < -0.4 is 16.0 Å². The van der Waals surface area contributed by atoms with Gasteiger partial charge < -0.3 is 36.2 Å². The molecule has 0 radical (unpaired) electrons. The molecule has 3 saturated heterocycles. The van der Waals surface area contributed by atoms with Crippen molar-refractivity contribution in [3.8, 4) is 0 Å². The van der Waals surface area contributed by atoms with Crippen molar-refractivity contribution in [3.05, 3.63) is 0 Å². The molecule has 19 heavy (non-hydrogen) atoms. The van der Waals surface area contributed by atoms with Crippen molar-refractivity contribution >= 4 is 17.9 Å². The molecule has 2 unspecified atom stereocenters. The van der Waals surface area contributed by atoms with E-state index < -0.39 is 29.5 Å². The summed E-state index contributed by atoms with van der Waals surface area (Å²) in [5.74, 6) is -3.89. The first-order chi connectivity index (χ1) is 8.79. The molecule has 0 aromatic rings. The minimum Gasteiger partial charge on any atom is -0.480 e. The predicted octanol–water partition coefficient (Wildman–Crippen LogP) is -3.44. The zero-order valence-electron chi connectivity index (χ0n) is 9.77. The molecule has 0 amide bonds. The van der Waals surface area contributed by atoms with E-state index in [9.17, 15) is 20.1 Å². The number of hydrogen-bond donors (Lipinski definition) is 8. The second-order valence-corrected chi connectivity index (χ2v) is 4.92. The van der Waals surface area contributed by atoms with Crippen LogP contribution in [0.3, 0.4) is 0 Å². The van der Waals surface area contributed by atoms with E-state index in [1.807, 2.05) is 0 Å². The van der Waals surface area contributed by atoms with E-state index in [2.05, 4.69) is 16.0 Å². The molecule has 3 atom stereocenters. The largest absolute Gasteiger partial charge is 0.480 e. The van der Waals surface area contributed by atoms with Crippen molar-refractivity contribution in [1.29, 1.82) is 10.8 Å². The van der Waals surface area contributed by atoms with Crippen LogP contribution in [0.25, 0.3) is 0 Å². The maximum absolute atomic E-state index is 11.3. The first kappa shape index (κ1) is 12.0. The third-order valence-electron chi connectivity index (χ3n) is 3.95. The molecule has 0 saturated carbocycles. The summed E-state index contributed by atoms with van der Waals surface area (Å²) in [6, 6.07) is -2.22. The van der Waals surface area contributed by atoms with E-state index in [-0.39, 0.29) is 24.9 Å².